The van der Waals surface area contributed by atoms with Crippen molar-refractivity contribution >= 4 is 38.8 Å². The fraction of sp³-hybridized carbons (Fsp3) is 0.310. The van der Waals surface area contributed by atoms with Crippen LogP contribution in [0.4, 0.5) is 11.4 Å². The molecule has 2 heteroatoms. The van der Waals surface area contributed by atoms with Gasteiger partial charge in [0.1, 0.15) is 0 Å². The second-order valence-electron chi connectivity index (χ2n) is 9.67. The molecule has 0 spiro atoms. The lowest BCUT2D eigenvalue weighted by atomic mass is 9.77. The summed E-state index contributed by atoms with van der Waals surface area (Å²) in [4.78, 5) is 0. The first kappa shape index (κ1) is 18.7. The molecule has 31 heavy (non-hydrogen) atoms. The predicted octanol–water partition coefficient (Wildman–Crippen LogP) is 8.18. The quantitative estimate of drug-likeness (QED) is 0.363. The van der Waals surface area contributed by atoms with Crippen molar-refractivity contribution in [2.24, 2.45) is 0 Å². The van der Waals surface area contributed by atoms with Crippen molar-refractivity contribution in [3.63, 3.8) is 0 Å². The molecular formula is C29H30N2. The third-order valence-corrected chi connectivity index (χ3v) is 7.62. The van der Waals surface area contributed by atoms with Crippen molar-refractivity contribution in [2.45, 2.75) is 58.4 Å². The van der Waals surface area contributed by atoms with Gasteiger partial charge in [-0.25, -0.2) is 0 Å². The molecule has 0 unspecified atom stereocenters. The van der Waals surface area contributed by atoms with Gasteiger partial charge in [0, 0.05) is 39.6 Å². The highest BCUT2D eigenvalue weighted by Crippen LogP contribution is 2.52. The maximum absolute atomic E-state index is 3.71. The maximum atomic E-state index is 3.71. The van der Waals surface area contributed by atoms with Crippen LogP contribution >= 0.6 is 0 Å². The van der Waals surface area contributed by atoms with Gasteiger partial charge in [-0.1, -0.05) is 49.8 Å². The number of nitrogens with zero attached hydrogens (tertiary/aromatic N) is 1. The third-order valence-electron chi connectivity index (χ3n) is 7.62. The average Bonchev–Trinajstić information content (AvgIpc) is 3.23. The molecule has 156 valence electrons. The smallest absolute Gasteiger partial charge is 0.0512 e. The number of hydrogen-bond acceptors (Lipinski definition) is 1. The maximum Gasteiger partial charge on any atom is 0.0512 e. The van der Waals surface area contributed by atoms with Gasteiger partial charge in [-0.15, -0.1) is 0 Å². The van der Waals surface area contributed by atoms with Crippen LogP contribution in [0.25, 0.3) is 27.4 Å². The van der Waals surface area contributed by atoms with Crippen LogP contribution in [0.5, 0.6) is 0 Å². The van der Waals surface area contributed by atoms with Crippen LogP contribution in [-0.4, -0.2) is 4.57 Å². The van der Waals surface area contributed by atoms with Gasteiger partial charge in [-0.2, -0.15) is 0 Å². The summed E-state index contributed by atoms with van der Waals surface area (Å²) in [6, 6.07) is 22.5. The minimum atomic E-state index is 0.154. The number of rotatable bonds is 3. The van der Waals surface area contributed by atoms with Gasteiger partial charge < -0.3 is 9.88 Å². The lowest BCUT2D eigenvalue weighted by Gasteiger charge is -2.27. The van der Waals surface area contributed by atoms with Crippen molar-refractivity contribution in [3.05, 3.63) is 77.4 Å². The Balaban J connectivity index is 1.40. The molecule has 0 fully saturated rings. The van der Waals surface area contributed by atoms with E-state index in [1.165, 1.54) is 64.3 Å². The Hall–Kier alpha value is -3.00. The summed E-state index contributed by atoms with van der Waals surface area (Å²) in [7, 11) is 0. The Morgan fingerprint density at radius 2 is 1.58 bits per heavy atom. The average molecular weight is 407 g/mol. The van der Waals surface area contributed by atoms with Crippen LogP contribution in [0.15, 0.2) is 66.2 Å². The van der Waals surface area contributed by atoms with E-state index in [1.807, 2.05) is 0 Å². The normalized spacial score (nSPS) is 17.3. The summed E-state index contributed by atoms with van der Waals surface area (Å²) in [5.74, 6) is 0. The van der Waals surface area contributed by atoms with Gasteiger partial charge in [0.15, 0.2) is 0 Å². The highest BCUT2D eigenvalue weighted by atomic mass is 15.0. The lowest BCUT2D eigenvalue weighted by molar-refractivity contribution is 0.574. The molecule has 0 saturated heterocycles. The molecule has 2 aliphatic carbocycles. The molecule has 0 bridgehead atoms. The van der Waals surface area contributed by atoms with Crippen LogP contribution in [-0.2, 0) is 12.0 Å². The molecule has 0 radical (unpaired) electrons. The third kappa shape index (κ3) is 2.70. The zero-order valence-electron chi connectivity index (χ0n) is 18.8. The molecule has 3 aromatic carbocycles. The second-order valence-corrected chi connectivity index (χ2v) is 9.67. The molecule has 6 rings (SSSR count). The van der Waals surface area contributed by atoms with E-state index in [9.17, 15) is 0 Å². The summed E-state index contributed by atoms with van der Waals surface area (Å²) >= 11 is 0. The molecule has 0 saturated carbocycles. The van der Waals surface area contributed by atoms with E-state index in [0.29, 0.717) is 0 Å². The van der Waals surface area contributed by atoms with Gasteiger partial charge in [-0.05, 0) is 79.6 Å². The fourth-order valence-corrected chi connectivity index (χ4v) is 6.09. The summed E-state index contributed by atoms with van der Waals surface area (Å²) in [5.41, 5.74) is 11.4. The highest BCUT2D eigenvalue weighted by molar-refractivity contribution is 6.09. The van der Waals surface area contributed by atoms with Crippen molar-refractivity contribution < 1.29 is 0 Å². The van der Waals surface area contributed by atoms with Crippen molar-refractivity contribution in [1.82, 2.24) is 4.57 Å². The van der Waals surface area contributed by atoms with E-state index >= 15 is 0 Å². The summed E-state index contributed by atoms with van der Waals surface area (Å²) in [6.45, 7) is 8.02. The largest absolute Gasteiger partial charge is 0.355 e. The van der Waals surface area contributed by atoms with Gasteiger partial charge >= 0.3 is 0 Å². The number of fused-ring (bicyclic) bond motifs is 5. The Labute approximate surface area is 184 Å². The Bertz CT molecular complexity index is 1370. The fourth-order valence-electron chi connectivity index (χ4n) is 6.09. The minimum absolute atomic E-state index is 0.154. The number of para-hydroxylation sites is 1. The molecule has 0 aliphatic heterocycles. The molecule has 1 aromatic heterocycles. The number of aromatic nitrogens is 1. The van der Waals surface area contributed by atoms with E-state index in [0.717, 1.165) is 12.2 Å². The standard InChI is InChI=1S/C29H30N2/c1-4-31-27-12-8-6-10-23(27)24-16-14-20(18-28(24)31)30-19-13-15-22-21-9-5-7-11-25(21)29(2,3)26(22)17-19/h6,8,10,12-18,30H,4-5,7,9,11H2,1-3H3. The molecule has 2 aliphatic rings. The van der Waals surface area contributed by atoms with E-state index in [2.05, 4.69) is 91.3 Å². The first-order valence-corrected chi connectivity index (χ1v) is 11.7. The monoisotopic (exact) mass is 406 g/mol. The zero-order chi connectivity index (χ0) is 21.2. The number of allylic oxidation sites excluding steroid dienone is 2. The Kier molecular flexibility index (Phi) is 4.08. The topological polar surface area (TPSA) is 17.0 Å². The molecular weight excluding hydrogens is 376 g/mol. The molecule has 4 aromatic rings. The molecule has 2 nitrogen and oxygen atoms in total. The van der Waals surface area contributed by atoms with Crippen LogP contribution in [0.2, 0.25) is 0 Å². The van der Waals surface area contributed by atoms with Crippen molar-refractivity contribution in [2.75, 3.05) is 5.32 Å². The number of nitrogens with one attached hydrogen (secondary N) is 1. The van der Waals surface area contributed by atoms with Crippen LogP contribution < -0.4 is 5.32 Å². The number of hydrogen-bond donors (Lipinski definition) is 1. The predicted molar refractivity (Wildman–Crippen MR) is 133 cm³/mol. The number of anilines is 2. The molecule has 0 amide bonds. The Morgan fingerprint density at radius 1 is 0.839 bits per heavy atom. The van der Waals surface area contributed by atoms with Gasteiger partial charge in [0.25, 0.3) is 0 Å². The molecule has 1 N–H and O–H groups in total. The first-order chi connectivity index (χ1) is 15.1. The van der Waals surface area contributed by atoms with Crippen LogP contribution in [0.1, 0.15) is 57.6 Å². The highest BCUT2D eigenvalue weighted by Gasteiger charge is 2.38. The Morgan fingerprint density at radius 3 is 2.45 bits per heavy atom. The number of benzene rings is 3. The van der Waals surface area contributed by atoms with Gasteiger partial charge in [0.2, 0.25) is 0 Å². The van der Waals surface area contributed by atoms with Crippen molar-refractivity contribution in [3.8, 4) is 0 Å². The lowest BCUT2D eigenvalue weighted by Crippen LogP contribution is -2.18. The molecule has 1 heterocycles. The first-order valence-electron chi connectivity index (χ1n) is 11.7. The van der Waals surface area contributed by atoms with Crippen LogP contribution in [0.3, 0.4) is 0 Å². The zero-order valence-corrected chi connectivity index (χ0v) is 18.8. The van der Waals surface area contributed by atoms with E-state index in [1.54, 1.807) is 11.1 Å². The minimum Gasteiger partial charge on any atom is -0.355 e. The van der Waals surface area contributed by atoms with Gasteiger partial charge in [-0.3, -0.25) is 0 Å². The SMILES string of the molecule is CCn1c2ccccc2c2ccc(Nc3ccc4c(c3)C(C)(C)C3=C4CCCC3)cc21. The second kappa shape index (κ2) is 6.75. The summed E-state index contributed by atoms with van der Waals surface area (Å²) < 4.78 is 2.42. The van der Waals surface area contributed by atoms with E-state index < -0.39 is 0 Å². The number of aryl methyl sites for hydroxylation is 1. The molecule has 0 atom stereocenters. The van der Waals surface area contributed by atoms with E-state index in [-0.39, 0.29) is 5.41 Å². The van der Waals surface area contributed by atoms with Gasteiger partial charge in [0.05, 0.1) is 5.52 Å². The van der Waals surface area contributed by atoms with Crippen molar-refractivity contribution in [1.29, 1.82) is 0 Å². The van der Waals surface area contributed by atoms with E-state index in [4.69, 9.17) is 0 Å². The summed E-state index contributed by atoms with van der Waals surface area (Å²) in [5, 5.41) is 6.37. The summed E-state index contributed by atoms with van der Waals surface area (Å²) in [6.07, 6.45) is 5.18. The van der Waals surface area contributed by atoms with Crippen LogP contribution in [0, 0.1) is 0 Å².